The summed E-state index contributed by atoms with van der Waals surface area (Å²) in [6.45, 7) is 7.62. The van der Waals surface area contributed by atoms with Crippen molar-refractivity contribution in [2.45, 2.75) is 58.0 Å². The first-order chi connectivity index (χ1) is 22.4. The van der Waals surface area contributed by atoms with Crippen LogP contribution in [0.25, 0.3) is 0 Å². The third-order valence-electron chi connectivity index (χ3n) is 10.5. The first-order valence-electron chi connectivity index (χ1n) is 16.7. The molecule has 0 spiro atoms. The van der Waals surface area contributed by atoms with Crippen LogP contribution in [-0.2, 0) is 12.8 Å². The van der Waals surface area contributed by atoms with Gasteiger partial charge in [-0.25, -0.2) is 0 Å². The fraction of sp³-hybridized carbons (Fsp3) is 0.500. The van der Waals surface area contributed by atoms with Crippen LogP contribution in [-0.4, -0.2) is 70.4 Å². The summed E-state index contributed by atoms with van der Waals surface area (Å²) in [7, 11) is 6.77. The van der Waals surface area contributed by atoms with E-state index in [4.69, 9.17) is 23.7 Å². The molecule has 8 nitrogen and oxygen atoms in total. The van der Waals surface area contributed by atoms with Crippen molar-refractivity contribution in [3.63, 3.8) is 0 Å². The van der Waals surface area contributed by atoms with Crippen LogP contribution < -0.4 is 23.7 Å². The van der Waals surface area contributed by atoms with Gasteiger partial charge in [-0.05, 0) is 115 Å². The van der Waals surface area contributed by atoms with E-state index < -0.39 is 0 Å². The Balaban J connectivity index is 1.36. The Morgan fingerprint density at radius 1 is 0.761 bits per heavy atom. The molecule has 8 heteroatoms. The topological polar surface area (TPSA) is 69.7 Å². The smallest absolute Gasteiger partial charge is 0.254 e. The summed E-state index contributed by atoms with van der Waals surface area (Å²) in [5.41, 5.74) is 5.77. The quantitative estimate of drug-likeness (QED) is 0.242. The van der Waals surface area contributed by atoms with E-state index in [9.17, 15) is 4.79 Å². The molecule has 3 aromatic carbocycles. The minimum atomic E-state index is -0.0818. The van der Waals surface area contributed by atoms with E-state index in [1.807, 2.05) is 31.2 Å². The van der Waals surface area contributed by atoms with Crippen molar-refractivity contribution >= 4 is 5.91 Å². The van der Waals surface area contributed by atoms with Crippen LogP contribution >= 0.6 is 0 Å². The van der Waals surface area contributed by atoms with E-state index in [1.165, 1.54) is 16.7 Å². The summed E-state index contributed by atoms with van der Waals surface area (Å²) in [6.07, 6.45) is 4.80. The molecule has 1 amide bonds. The van der Waals surface area contributed by atoms with Crippen LogP contribution in [0.1, 0.15) is 77.8 Å². The third kappa shape index (κ3) is 5.99. The van der Waals surface area contributed by atoms with Crippen molar-refractivity contribution in [3.05, 3.63) is 76.3 Å². The van der Waals surface area contributed by atoms with E-state index in [0.717, 1.165) is 73.8 Å². The van der Waals surface area contributed by atoms with Gasteiger partial charge in [0.2, 0.25) is 0 Å². The molecule has 3 aliphatic heterocycles. The van der Waals surface area contributed by atoms with Gasteiger partial charge in [-0.3, -0.25) is 9.69 Å². The van der Waals surface area contributed by atoms with Gasteiger partial charge in [0, 0.05) is 31.2 Å². The van der Waals surface area contributed by atoms with Gasteiger partial charge in [-0.1, -0.05) is 13.3 Å². The highest BCUT2D eigenvalue weighted by molar-refractivity contribution is 5.95. The molecule has 0 N–H and O–H groups in total. The lowest BCUT2D eigenvalue weighted by molar-refractivity contribution is 0.0287. The molecule has 0 aromatic heterocycles. The molecule has 246 valence electrons. The summed E-state index contributed by atoms with van der Waals surface area (Å²) >= 11 is 0. The Labute approximate surface area is 273 Å². The number of rotatable bonds is 10. The highest BCUT2D eigenvalue weighted by Gasteiger charge is 2.42. The van der Waals surface area contributed by atoms with Gasteiger partial charge in [0.1, 0.15) is 5.75 Å². The van der Waals surface area contributed by atoms with Crippen LogP contribution in [0.4, 0.5) is 0 Å². The second kappa shape index (κ2) is 13.8. The molecule has 3 aromatic rings. The number of ether oxygens (including phenoxy) is 5. The van der Waals surface area contributed by atoms with Crippen LogP contribution in [0.3, 0.4) is 0 Å². The summed E-state index contributed by atoms with van der Waals surface area (Å²) in [5.74, 6) is 4.79. The molecule has 4 atom stereocenters. The van der Waals surface area contributed by atoms with Crippen LogP contribution in [0.5, 0.6) is 28.7 Å². The minimum absolute atomic E-state index is 0.0545. The van der Waals surface area contributed by atoms with Gasteiger partial charge in [-0.15, -0.1) is 0 Å². The monoisotopic (exact) mass is 628 g/mol. The van der Waals surface area contributed by atoms with Crippen LogP contribution in [0.15, 0.2) is 48.5 Å². The average molecular weight is 629 g/mol. The van der Waals surface area contributed by atoms with E-state index in [-0.39, 0.29) is 11.9 Å². The molecular weight excluding hydrogens is 580 g/mol. The van der Waals surface area contributed by atoms with Gasteiger partial charge < -0.3 is 28.6 Å². The first-order valence-corrected chi connectivity index (χ1v) is 16.7. The van der Waals surface area contributed by atoms with Crippen molar-refractivity contribution < 1.29 is 28.5 Å². The standard InChI is InChI=1S/C38H48N2O6/c1-7-24-23-39-15-13-26-19-34(42-3)36(44-5)21-30(26)32(39)17-28(24)18-33-31-22-37(45-6)35(43-4)20-27(31)14-16-40(33)38(41)25-9-11-29(12-10-25)46-8-2/h9-12,19-22,24,28,32-33H,7-8,13-18,23H2,1-6H3/t24-,28-,32-,33+/m0/s1. The van der Waals surface area contributed by atoms with Gasteiger partial charge in [0.25, 0.3) is 5.91 Å². The van der Waals surface area contributed by atoms with E-state index in [1.54, 1.807) is 28.4 Å². The second-order valence-electron chi connectivity index (χ2n) is 12.7. The Morgan fingerprint density at radius 2 is 1.35 bits per heavy atom. The van der Waals surface area contributed by atoms with Crippen LogP contribution in [0, 0.1) is 11.8 Å². The zero-order chi connectivity index (χ0) is 32.4. The van der Waals surface area contributed by atoms with E-state index in [0.29, 0.717) is 42.3 Å². The Morgan fingerprint density at radius 3 is 1.96 bits per heavy atom. The molecule has 1 saturated heterocycles. The number of amides is 1. The molecule has 6 rings (SSSR count). The van der Waals surface area contributed by atoms with E-state index in [2.05, 4.69) is 41.0 Å². The minimum Gasteiger partial charge on any atom is -0.494 e. The molecule has 0 unspecified atom stereocenters. The largest absolute Gasteiger partial charge is 0.494 e. The normalized spacial score (nSPS) is 22.3. The average Bonchev–Trinajstić information content (AvgIpc) is 3.10. The summed E-state index contributed by atoms with van der Waals surface area (Å²) in [4.78, 5) is 19.1. The van der Waals surface area contributed by atoms with Crippen molar-refractivity contribution in [2.75, 3.05) is 54.7 Å². The fourth-order valence-corrected chi connectivity index (χ4v) is 8.09. The maximum absolute atomic E-state index is 14.3. The maximum atomic E-state index is 14.3. The molecule has 0 bridgehead atoms. The van der Waals surface area contributed by atoms with Gasteiger partial charge >= 0.3 is 0 Å². The molecule has 3 heterocycles. The number of fused-ring (bicyclic) bond motifs is 4. The summed E-state index contributed by atoms with van der Waals surface area (Å²) in [5, 5.41) is 0. The van der Waals surface area contributed by atoms with Gasteiger partial charge in [0.05, 0.1) is 41.1 Å². The van der Waals surface area contributed by atoms with Gasteiger partial charge in [-0.2, -0.15) is 0 Å². The SMILES string of the molecule is CCOc1ccc(C(=O)N2CCc3cc(OC)c(OC)cc3[C@H]2C[C@@H]2C[C@H]3c4cc(OC)c(OC)cc4CCN3C[C@@H]2CC)cc1. The van der Waals surface area contributed by atoms with E-state index >= 15 is 0 Å². The third-order valence-corrected chi connectivity index (χ3v) is 10.5. The van der Waals surface area contributed by atoms with Crippen LogP contribution in [0.2, 0.25) is 0 Å². The molecule has 3 aliphatic rings. The molecule has 46 heavy (non-hydrogen) atoms. The zero-order valence-electron chi connectivity index (χ0n) is 28.1. The lowest BCUT2D eigenvalue weighted by Gasteiger charge is -2.49. The zero-order valence-corrected chi connectivity index (χ0v) is 28.1. The first kappa shape index (κ1) is 32.0. The highest BCUT2D eigenvalue weighted by Crippen LogP contribution is 2.49. The lowest BCUT2D eigenvalue weighted by atomic mass is 9.72. The number of piperidine rings is 1. The highest BCUT2D eigenvalue weighted by atomic mass is 16.5. The number of methoxy groups -OCH3 is 4. The number of benzene rings is 3. The predicted octanol–water partition coefficient (Wildman–Crippen LogP) is 6.89. The molecule has 0 saturated carbocycles. The molecule has 1 fully saturated rings. The second-order valence-corrected chi connectivity index (χ2v) is 12.7. The number of carbonyl (C=O) groups excluding carboxylic acids is 1. The Kier molecular flexibility index (Phi) is 9.64. The molecular formula is C38H48N2O6. The number of hydrogen-bond acceptors (Lipinski definition) is 7. The number of hydrogen-bond donors (Lipinski definition) is 0. The summed E-state index contributed by atoms with van der Waals surface area (Å²) in [6, 6.07) is 16.4. The lowest BCUT2D eigenvalue weighted by Crippen LogP contribution is -2.47. The number of carbonyl (C=O) groups is 1. The van der Waals surface area contributed by atoms with Crippen molar-refractivity contribution in [1.29, 1.82) is 0 Å². The predicted molar refractivity (Wildman–Crippen MR) is 179 cm³/mol. The summed E-state index contributed by atoms with van der Waals surface area (Å²) < 4.78 is 28.5. The number of nitrogens with zero attached hydrogens (tertiary/aromatic N) is 2. The molecule has 0 radical (unpaired) electrons. The van der Waals surface area contributed by atoms with Gasteiger partial charge in [0.15, 0.2) is 23.0 Å². The fourth-order valence-electron chi connectivity index (χ4n) is 8.09. The molecule has 0 aliphatic carbocycles. The Bertz CT molecular complexity index is 1540. The Hall–Kier alpha value is -3.91. The maximum Gasteiger partial charge on any atom is 0.254 e. The van der Waals surface area contributed by atoms with Crippen molar-refractivity contribution in [1.82, 2.24) is 9.80 Å². The van der Waals surface area contributed by atoms with Crippen molar-refractivity contribution in [3.8, 4) is 28.7 Å². The van der Waals surface area contributed by atoms with Crippen molar-refractivity contribution in [2.24, 2.45) is 11.8 Å².